The van der Waals surface area contributed by atoms with Gasteiger partial charge in [0.25, 0.3) is 0 Å². The van der Waals surface area contributed by atoms with Crippen LogP contribution in [-0.4, -0.2) is 3.21 Å². The van der Waals surface area contributed by atoms with Crippen LogP contribution in [0.1, 0.15) is 162 Å². The molecule has 310 valence electrons. The molecule has 0 radical (unpaired) electrons. The van der Waals surface area contributed by atoms with Crippen LogP contribution < -0.4 is 28.1 Å². The summed E-state index contributed by atoms with van der Waals surface area (Å²) in [4.78, 5) is 0. The summed E-state index contributed by atoms with van der Waals surface area (Å²) in [6.07, 6.45) is 7.35. The summed E-state index contributed by atoms with van der Waals surface area (Å²) in [5, 5.41) is 1.53. The molecule has 4 aromatic carbocycles. The molecule has 4 aromatic rings. The van der Waals surface area contributed by atoms with Crippen molar-refractivity contribution in [3.63, 3.8) is 0 Å². The van der Waals surface area contributed by atoms with Crippen LogP contribution in [0, 0.1) is 11.3 Å². The van der Waals surface area contributed by atoms with Gasteiger partial charge in [0, 0.05) is 0 Å². The minimum Gasteiger partial charge on any atom is -1.00 e. The van der Waals surface area contributed by atoms with Crippen molar-refractivity contribution in [1.82, 2.24) is 0 Å². The minimum atomic E-state index is -3.24. The Bertz CT molecular complexity index is 2220. The van der Waals surface area contributed by atoms with Crippen molar-refractivity contribution in [1.29, 1.82) is 0 Å². The summed E-state index contributed by atoms with van der Waals surface area (Å²) < 4.78 is 4.87. The molecule has 0 nitrogen and oxygen atoms in total. The number of rotatable bonds is 5. The maximum atomic E-state index is 6.67. The number of benzene rings is 4. The second kappa shape index (κ2) is 17.2. The van der Waals surface area contributed by atoms with Crippen LogP contribution in [0.2, 0.25) is 10.0 Å². The molecule has 0 aliphatic heterocycles. The Hall–Kier alpha value is -1.73. The third-order valence-electron chi connectivity index (χ3n) is 12.0. The first-order valence-corrected chi connectivity index (χ1v) is 25.3. The standard InChI is InChI=1S/C29H41.C13H8Cl2.C11H17.2ClH.Zr/c1-26(2,3)22-14-18-13-19-15-23(27(4,5)6)25(29(10,11)12)17-21(19)20(18)16-24(22)28(7,8)9;14-12-5-1-10(2-6-12)9-11-3-7-13(15)8-4-11;1-5-9-6-7-10(8-9)11(2,3)4;;;/h14,16-17H,13H2,1-12H3;1-8H;7-9H,5H2,1-4H3;2*1H;/q;;;;;+2/p-2. The molecule has 0 amide bonds. The number of halogens is 4. The van der Waals surface area contributed by atoms with Gasteiger partial charge < -0.3 is 24.8 Å². The first kappa shape index (κ1) is 48.9. The van der Waals surface area contributed by atoms with Gasteiger partial charge in [0.1, 0.15) is 0 Å². The fourth-order valence-corrected chi connectivity index (χ4v) is 19.1. The molecule has 58 heavy (non-hydrogen) atoms. The van der Waals surface area contributed by atoms with Gasteiger partial charge in [0.05, 0.1) is 0 Å². The van der Waals surface area contributed by atoms with Gasteiger partial charge in [-0.2, -0.15) is 0 Å². The zero-order chi connectivity index (χ0) is 41.5. The molecule has 0 heterocycles. The number of hydrogen-bond donors (Lipinski definition) is 0. The predicted octanol–water partition coefficient (Wildman–Crippen LogP) is 9.17. The van der Waals surface area contributed by atoms with Gasteiger partial charge in [-0.05, 0) is 0 Å². The molecular weight excluding hydrogens is 870 g/mol. The van der Waals surface area contributed by atoms with Crippen LogP contribution in [0.25, 0.3) is 11.1 Å². The average molecular weight is 936 g/mol. The van der Waals surface area contributed by atoms with E-state index < -0.39 is 21.3 Å². The number of fused-ring (bicyclic) bond motifs is 3. The van der Waals surface area contributed by atoms with Crippen LogP contribution in [0.4, 0.5) is 0 Å². The van der Waals surface area contributed by atoms with E-state index in [0.29, 0.717) is 5.92 Å². The van der Waals surface area contributed by atoms with Crippen molar-refractivity contribution < 1.29 is 46.1 Å². The fourth-order valence-electron chi connectivity index (χ4n) is 9.06. The molecule has 6 rings (SSSR count). The van der Waals surface area contributed by atoms with E-state index in [9.17, 15) is 0 Å². The van der Waals surface area contributed by atoms with E-state index in [1.165, 1.54) is 53.3 Å². The maximum absolute atomic E-state index is 6.67. The monoisotopic (exact) mass is 932 g/mol. The molecule has 2 aliphatic rings. The van der Waals surface area contributed by atoms with Gasteiger partial charge in [0.15, 0.2) is 0 Å². The Morgan fingerprint density at radius 3 is 1.45 bits per heavy atom. The Morgan fingerprint density at radius 2 is 1.03 bits per heavy atom. The number of hydrogen-bond acceptors (Lipinski definition) is 0. The fraction of sp³-hybridized carbons (Fsp3) is 0.453. The third-order valence-corrected chi connectivity index (χ3v) is 20.4. The molecule has 0 saturated carbocycles. The quantitative estimate of drug-likeness (QED) is 0.165. The van der Waals surface area contributed by atoms with E-state index in [4.69, 9.17) is 23.2 Å². The van der Waals surface area contributed by atoms with Gasteiger partial charge in [0.2, 0.25) is 0 Å². The van der Waals surface area contributed by atoms with Gasteiger partial charge in [-0.1, -0.05) is 0 Å². The Labute approximate surface area is 382 Å². The van der Waals surface area contributed by atoms with Gasteiger partial charge in [-0.3, -0.25) is 0 Å². The Morgan fingerprint density at radius 1 is 0.586 bits per heavy atom. The normalized spacial score (nSPS) is 15.4. The average Bonchev–Trinajstić information content (AvgIpc) is 3.67. The summed E-state index contributed by atoms with van der Waals surface area (Å²) >= 11 is 10.1. The van der Waals surface area contributed by atoms with Crippen LogP contribution in [0.3, 0.4) is 0 Å². The van der Waals surface area contributed by atoms with E-state index in [-0.39, 0.29) is 51.9 Å². The van der Waals surface area contributed by atoms with Crippen LogP contribution in [0.15, 0.2) is 87.7 Å². The Balaban J connectivity index is 0.00000372. The molecule has 0 bridgehead atoms. The second-order valence-corrected chi connectivity index (χ2v) is 28.3. The maximum Gasteiger partial charge on any atom is -1.00 e. The molecule has 5 heteroatoms. The first-order valence-electron chi connectivity index (χ1n) is 20.8. The Kier molecular flexibility index (Phi) is 14.5. The van der Waals surface area contributed by atoms with Gasteiger partial charge in [-0.25, -0.2) is 0 Å². The van der Waals surface area contributed by atoms with E-state index in [1.807, 2.05) is 0 Å². The molecule has 0 aromatic heterocycles. The van der Waals surface area contributed by atoms with Crippen molar-refractivity contribution >= 4 is 29.7 Å². The largest absolute Gasteiger partial charge is 1.00 e. The zero-order valence-electron chi connectivity index (χ0n) is 38.0. The van der Waals surface area contributed by atoms with Crippen LogP contribution in [0.5, 0.6) is 0 Å². The SMILES string of the molecule is CCC1C=C(C(C)(C)C)C=[C]1[Zr+2](=[C](c1ccc(Cl)cc1)c1ccc(Cl)cc1)[c]1c2c(cc(C(C)(C)C)c1C(C)(C)C)-c1cc(C(C)(C)C)c(C(C)(C)C)cc1C2.[Cl-].[Cl-]. The molecule has 0 saturated heterocycles. The van der Waals surface area contributed by atoms with E-state index >= 15 is 0 Å². The van der Waals surface area contributed by atoms with Gasteiger partial charge >= 0.3 is 361 Å². The smallest absolute Gasteiger partial charge is 1.00 e. The number of allylic oxidation sites excluding steroid dienone is 4. The molecule has 0 fully saturated rings. The van der Waals surface area contributed by atoms with Crippen molar-refractivity contribution in [3.8, 4) is 11.1 Å². The zero-order valence-corrected chi connectivity index (χ0v) is 43.5. The van der Waals surface area contributed by atoms with Crippen molar-refractivity contribution in [2.45, 2.75) is 145 Å². The van der Waals surface area contributed by atoms with Crippen molar-refractivity contribution in [3.05, 3.63) is 142 Å². The molecule has 0 spiro atoms. The second-order valence-electron chi connectivity index (χ2n) is 21.7. The van der Waals surface area contributed by atoms with Crippen LogP contribution >= 0.6 is 23.2 Å². The summed E-state index contributed by atoms with van der Waals surface area (Å²) in [5.41, 5.74) is 15.9. The molecule has 1 atom stereocenters. The summed E-state index contributed by atoms with van der Waals surface area (Å²) in [6.45, 7) is 38.5. The van der Waals surface area contributed by atoms with E-state index in [0.717, 1.165) is 22.9 Å². The predicted molar refractivity (Wildman–Crippen MR) is 245 cm³/mol. The minimum absolute atomic E-state index is 0. The molecular formula is C53H66Cl4Zr. The molecule has 0 N–H and O–H groups in total. The molecule has 1 unspecified atom stereocenters. The first-order chi connectivity index (χ1) is 25.7. The summed E-state index contributed by atoms with van der Waals surface area (Å²) in [7, 11) is 0. The summed E-state index contributed by atoms with van der Waals surface area (Å²) in [6, 6.07) is 25.3. The third kappa shape index (κ3) is 9.66. The topological polar surface area (TPSA) is 0 Å². The van der Waals surface area contributed by atoms with E-state index in [1.54, 1.807) is 17.7 Å². The van der Waals surface area contributed by atoms with Crippen molar-refractivity contribution in [2.24, 2.45) is 11.3 Å². The van der Waals surface area contributed by atoms with Gasteiger partial charge in [-0.15, -0.1) is 0 Å². The van der Waals surface area contributed by atoms with E-state index in [2.05, 4.69) is 190 Å². The van der Waals surface area contributed by atoms with Crippen molar-refractivity contribution in [2.75, 3.05) is 0 Å². The van der Waals surface area contributed by atoms with Crippen LogP contribution in [-0.2, 0) is 49.3 Å². The molecule has 2 aliphatic carbocycles. The summed E-state index contributed by atoms with van der Waals surface area (Å²) in [5.74, 6) is 0.388.